The summed E-state index contributed by atoms with van der Waals surface area (Å²) < 4.78 is 11.0. The normalized spacial score (nSPS) is 12.0. The van der Waals surface area contributed by atoms with Crippen molar-refractivity contribution in [2.45, 2.75) is 121 Å². The highest BCUT2D eigenvalue weighted by atomic mass is 16.5. The van der Waals surface area contributed by atoms with E-state index >= 15 is 0 Å². The summed E-state index contributed by atoms with van der Waals surface area (Å²) in [6.07, 6.45) is 7.96. The summed E-state index contributed by atoms with van der Waals surface area (Å²) in [6, 6.07) is -2.17. The first kappa shape index (κ1) is 47.1. The van der Waals surface area contributed by atoms with Crippen LogP contribution in [0.25, 0.3) is 0 Å². The van der Waals surface area contributed by atoms with E-state index in [1.54, 1.807) is 0 Å². The molecule has 0 heterocycles. The molecule has 0 spiro atoms. The van der Waals surface area contributed by atoms with Crippen LogP contribution < -0.4 is 32.5 Å². The third kappa shape index (κ3) is 30.7. The number of carboxylic acid groups (broad SMARTS) is 3. The van der Waals surface area contributed by atoms with E-state index in [1.165, 1.54) is 0 Å². The van der Waals surface area contributed by atoms with E-state index in [9.17, 15) is 38.7 Å². The van der Waals surface area contributed by atoms with Crippen LogP contribution in [-0.2, 0) is 43.0 Å². The maximum absolute atomic E-state index is 12.2. The molecular weight excluding hydrogens is 672 g/mol. The molecule has 0 radical (unpaired) electrons. The quantitative estimate of drug-likeness (QED) is 0.0245. The van der Waals surface area contributed by atoms with Crippen LogP contribution in [0, 0.1) is 0 Å². The average Bonchev–Trinajstić information content (AvgIpc) is 3.08. The van der Waals surface area contributed by atoms with Gasteiger partial charge >= 0.3 is 17.9 Å². The van der Waals surface area contributed by atoms with Gasteiger partial charge < -0.3 is 46.1 Å². The van der Waals surface area contributed by atoms with Crippen molar-refractivity contribution in [2.75, 3.05) is 46.1 Å². The van der Waals surface area contributed by atoms with Crippen LogP contribution in [0.3, 0.4) is 0 Å². The molecule has 0 aliphatic rings. The van der Waals surface area contributed by atoms with E-state index in [0.29, 0.717) is 78.0 Å². The lowest BCUT2D eigenvalue weighted by atomic mass is 10.1. The smallest absolute Gasteiger partial charge is 0.326 e. The molecule has 4 amide bonds. The number of hydrogen-bond donors (Lipinski definition) is 9. The number of carboxylic acids is 3. The van der Waals surface area contributed by atoms with Crippen molar-refractivity contribution in [1.29, 1.82) is 0 Å². The minimum Gasteiger partial charge on any atom is -0.481 e. The number of aliphatic carboxylic acids is 3. The number of unbranched alkanes of at least 4 members (excludes halogenated alkanes) is 6. The van der Waals surface area contributed by atoms with Crippen LogP contribution in [0.5, 0.6) is 0 Å². The molecule has 0 saturated carbocycles. The molecule has 0 aromatic heterocycles. The van der Waals surface area contributed by atoms with Crippen LogP contribution >= 0.6 is 0 Å². The van der Waals surface area contributed by atoms with Gasteiger partial charge in [0.1, 0.15) is 12.1 Å². The van der Waals surface area contributed by atoms with Crippen LogP contribution in [-0.4, -0.2) is 115 Å². The zero-order valence-corrected chi connectivity index (χ0v) is 29.7. The predicted molar refractivity (Wildman–Crippen MR) is 185 cm³/mol. The molecule has 2 atom stereocenters. The number of hydrogen-bond acceptors (Lipinski definition) is 11. The lowest BCUT2D eigenvalue weighted by Gasteiger charge is -2.15. The first-order valence-electron chi connectivity index (χ1n) is 17.8. The molecule has 0 aromatic carbocycles. The number of ether oxygens (including phenoxy) is 2. The maximum Gasteiger partial charge on any atom is 0.326 e. The Morgan fingerprint density at radius 2 is 0.941 bits per heavy atom. The molecular formula is C33H60N6O12. The fraction of sp³-hybridized carbons (Fsp3) is 0.788. The molecule has 51 heavy (non-hydrogen) atoms. The minimum absolute atomic E-state index is 0.0163. The summed E-state index contributed by atoms with van der Waals surface area (Å²) in [5.41, 5.74) is 2.19. The Balaban J connectivity index is 3.74. The Bertz CT molecular complexity index is 1030. The van der Waals surface area contributed by atoms with Crippen LogP contribution in [0.4, 0.5) is 0 Å². The second kappa shape index (κ2) is 32.1. The van der Waals surface area contributed by atoms with Crippen LogP contribution in [0.1, 0.15) is 109 Å². The molecule has 0 bridgehead atoms. The number of nitrogens with two attached hydrogens (primary N) is 1. The summed E-state index contributed by atoms with van der Waals surface area (Å²) in [5.74, 6) is 0.649. The second-order valence-electron chi connectivity index (χ2n) is 12.0. The Morgan fingerprint density at radius 1 is 0.471 bits per heavy atom. The molecule has 0 saturated heterocycles. The summed E-state index contributed by atoms with van der Waals surface area (Å²) in [4.78, 5) is 81.0. The van der Waals surface area contributed by atoms with Crippen molar-refractivity contribution in [1.82, 2.24) is 26.7 Å². The summed E-state index contributed by atoms with van der Waals surface area (Å²) in [6.45, 7) is 2.81. The molecule has 18 nitrogen and oxygen atoms in total. The van der Waals surface area contributed by atoms with Gasteiger partial charge in [-0.3, -0.25) is 34.6 Å². The van der Waals surface area contributed by atoms with Gasteiger partial charge in [-0.25, -0.2) is 10.2 Å². The molecule has 0 aromatic rings. The lowest BCUT2D eigenvalue weighted by Crippen LogP contribution is -2.42. The van der Waals surface area contributed by atoms with Crippen molar-refractivity contribution in [3.8, 4) is 0 Å². The first-order chi connectivity index (χ1) is 24.5. The Hall–Kier alpha value is -3.87. The number of nitrogens with one attached hydrogen (secondary N) is 5. The van der Waals surface area contributed by atoms with Crippen molar-refractivity contribution in [3.63, 3.8) is 0 Å². The highest BCUT2D eigenvalue weighted by molar-refractivity contribution is 5.87. The molecule has 18 heteroatoms. The van der Waals surface area contributed by atoms with Crippen LogP contribution in [0.2, 0.25) is 0 Å². The highest BCUT2D eigenvalue weighted by Gasteiger charge is 2.21. The van der Waals surface area contributed by atoms with Crippen molar-refractivity contribution < 1.29 is 58.4 Å². The van der Waals surface area contributed by atoms with E-state index in [4.69, 9.17) is 25.5 Å². The molecule has 294 valence electrons. The topological polar surface area (TPSA) is 285 Å². The lowest BCUT2D eigenvalue weighted by molar-refractivity contribution is -0.142. The molecule has 0 aliphatic heterocycles. The van der Waals surface area contributed by atoms with Crippen molar-refractivity contribution >= 4 is 41.5 Å². The van der Waals surface area contributed by atoms with Crippen LogP contribution in [0.15, 0.2) is 0 Å². The Kier molecular flexibility index (Phi) is 29.6. The maximum atomic E-state index is 12.2. The van der Waals surface area contributed by atoms with Gasteiger partial charge in [-0.1, -0.05) is 25.7 Å². The van der Waals surface area contributed by atoms with Gasteiger partial charge in [-0.15, -0.1) is 0 Å². The number of carbonyl (C=O) groups is 7. The van der Waals surface area contributed by atoms with Gasteiger partial charge in [0, 0.05) is 65.0 Å². The highest BCUT2D eigenvalue weighted by Crippen LogP contribution is 2.08. The van der Waals surface area contributed by atoms with E-state index in [0.717, 1.165) is 32.1 Å². The summed E-state index contributed by atoms with van der Waals surface area (Å²) in [7, 11) is 0. The van der Waals surface area contributed by atoms with E-state index in [2.05, 4.69) is 26.7 Å². The van der Waals surface area contributed by atoms with Gasteiger partial charge in [0.15, 0.2) is 0 Å². The van der Waals surface area contributed by atoms with E-state index in [-0.39, 0.29) is 56.9 Å². The SMILES string of the molecule is NN[C@@H](CCCCNC(=O)CC[C@H](NC(=O)CCC(=O)NCCCOCCOCCCNC(=O)CCCCCCCCC(=O)O)C(=O)O)C(=O)O. The Morgan fingerprint density at radius 3 is 1.47 bits per heavy atom. The Labute approximate surface area is 299 Å². The van der Waals surface area contributed by atoms with E-state index in [1.807, 2.05) is 0 Å². The number of rotatable bonds is 35. The standard InChI is InChI=1S/C33H60N6O12/c34-39-26(33(48)49)11-7-8-18-35-28(41)15-14-25(32(46)47)38-30(43)17-16-29(42)37-20-10-22-51-24-23-50-21-9-19-36-27(40)12-5-3-1-2-4-6-13-31(44)45/h25-26,39H,1-24,34H2,(H,35,41)(H,36,40)(H,37,42)(H,38,43)(H,44,45)(H,46,47)(H,48,49)/t25-,26-/m0/s1. The molecule has 0 aliphatic carbocycles. The largest absolute Gasteiger partial charge is 0.481 e. The predicted octanol–water partition coefficient (Wildman–Crippen LogP) is 0.570. The number of amides is 4. The van der Waals surface area contributed by atoms with Crippen molar-refractivity contribution in [2.24, 2.45) is 5.84 Å². The zero-order chi connectivity index (χ0) is 38.1. The van der Waals surface area contributed by atoms with Gasteiger partial charge in [0.25, 0.3) is 0 Å². The molecule has 10 N–H and O–H groups in total. The molecule has 0 fully saturated rings. The monoisotopic (exact) mass is 732 g/mol. The third-order valence-corrected chi connectivity index (χ3v) is 7.61. The number of carbonyl (C=O) groups excluding carboxylic acids is 4. The fourth-order valence-corrected chi connectivity index (χ4v) is 4.67. The first-order valence-corrected chi connectivity index (χ1v) is 17.8. The second-order valence-corrected chi connectivity index (χ2v) is 12.0. The van der Waals surface area contributed by atoms with E-state index < -0.39 is 41.8 Å². The molecule has 0 unspecified atom stereocenters. The van der Waals surface area contributed by atoms with Gasteiger partial charge in [-0.2, -0.15) is 0 Å². The number of hydrazine groups is 1. The third-order valence-electron chi connectivity index (χ3n) is 7.61. The van der Waals surface area contributed by atoms with Gasteiger partial charge in [0.2, 0.25) is 23.6 Å². The zero-order valence-electron chi connectivity index (χ0n) is 29.7. The summed E-state index contributed by atoms with van der Waals surface area (Å²) >= 11 is 0. The fourth-order valence-electron chi connectivity index (χ4n) is 4.67. The van der Waals surface area contributed by atoms with Gasteiger partial charge in [-0.05, 0) is 51.4 Å². The summed E-state index contributed by atoms with van der Waals surface area (Å²) in [5, 5.41) is 37.4. The van der Waals surface area contributed by atoms with Crippen molar-refractivity contribution in [3.05, 3.63) is 0 Å². The average molecular weight is 733 g/mol. The van der Waals surface area contributed by atoms with Gasteiger partial charge in [0.05, 0.1) is 13.2 Å². The molecule has 0 rings (SSSR count). The minimum atomic E-state index is -1.30.